The molecule has 432 valence electrons. The maximum absolute atomic E-state index is 13.5. The number of imidazole rings is 3. The highest BCUT2D eigenvalue weighted by atomic mass is 35.5. The van der Waals surface area contributed by atoms with Crippen molar-refractivity contribution in [2.24, 2.45) is 35.5 Å². The van der Waals surface area contributed by atoms with Crippen LogP contribution in [0.15, 0.2) is 109 Å². The number of nitrogens with one attached hydrogen (secondary N) is 3. The van der Waals surface area contributed by atoms with Gasteiger partial charge in [-0.3, -0.25) is 19.0 Å². The summed E-state index contributed by atoms with van der Waals surface area (Å²) in [6.07, 6.45) is 15.0. The van der Waals surface area contributed by atoms with Gasteiger partial charge >= 0.3 is 0 Å². The van der Waals surface area contributed by atoms with Gasteiger partial charge in [0.25, 0.3) is 17.7 Å². The lowest BCUT2D eigenvalue weighted by atomic mass is 9.53. The van der Waals surface area contributed by atoms with E-state index >= 15 is 0 Å². The fourth-order valence-electron chi connectivity index (χ4n) is 16.4. The molecule has 9 aromatic rings. The zero-order valence-electron chi connectivity index (χ0n) is 48.2. The first-order chi connectivity index (χ1) is 40.4. The van der Waals surface area contributed by atoms with Gasteiger partial charge in [0.2, 0.25) is 0 Å². The third-order valence-electron chi connectivity index (χ3n) is 19.0. The van der Waals surface area contributed by atoms with Gasteiger partial charge in [0.05, 0.1) is 27.3 Å². The lowest BCUT2D eigenvalue weighted by Crippen LogP contribution is -2.60. The van der Waals surface area contributed by atoms with Crippen LogP contribution in [0.4, 0.5) is 14.5 Å². The second-order valence-corrected chi connectivity index (χ2v) is 26.6. The van der Waals surface area contributed by atoms with Crippen molar-refractivity contribution < 1.29 is 23.2 Å². The maximum Gasteiger partial charge on any atom is 0.276 e. The van der Waals surface area contributed by atoms with E-state index < -0.39 is 0 Å². The fourth-order valence-corrected chi connectivity index (χ4v) is 17.6. The number of aromatic nitrogens is 7. The Morgan fingerprint density at radius 1 is 0.512 bits per heavy atom. The van der Waals surface area contributed by atoms with Crippen molar-refractivity contribution in [3.8, 4) is 16.5 Å². The number of carbonyl (C=O) groups excluding carboxylic acids is 3. The van der Waals surface area contributed by atoms with Crippen LogP contribution in [0.3, 0.4) is 0 Å². The number of benzene rings is 5. The molecule has 5 aromatic carbocycles. The SMILES string of the molecule is Cc1nc(C(=O)NC23CC4CC(CC(C4)C2)C3)c(C)n1-c1ccc(Cl)cc1.Cc1nc(C(=O)NC23CC4CC(CC(C4)C2)C3)c(C)n1-c1ccc(F)cc1.Cc1nc(C(=O)Nc2cccc3ccccc23)c(C)n1-c1nc2ccc(F)cc2s1. The third kappa shape index (κ3) is 10.6. The topological polar surface area (TPSA) is 154 Å². The predicted molar refractivity (Wildman–Crippen MR) is 326 cm³/mol. The summed E-state index contributed by atoms with van der Waals surface area (Å²) in [5, 5.41) is 13.2. The summed E-state index contributed by atoms with van der Waals surface area (Å²) in [6, 6.07) is 32.2. The van der Waals surface area contributed by atoms with Crippen LogP contribution in [0.1, 0.15) is 143 Å². The molecule has 8 aliphatic carbocycles. The predicted octanol–water partition coefficient (Wildman–Crippen LogP) is 14.8. The van der Waals surface area contributed by atoms with Gasteiger partial charge in [0.15, 0.2) is 5.13 Å². The number of thiazole rings is 1. The van der Waals surface area contributed by atoms with E-state index in [2.05, 4.69) is 35.9 Å². The van der Waals surface area contributed by atoms with E-state index in [1.165, 1.54) is 74.1 Å². The molecule has 13 nitrogen and oxygen atoms in total. The van der Waals surface area contributed by atoms with Crippen LogP contribution >= 0.6 is 22.9 Å². The monoisotopic (exact) mass is 1170 g/mol. The minimum absolute atomic E-state index is 0.00902. The number of aryl methyl sites for hydroxylation is 3. The Hall–Kier alpha value is -7.56. The second-order valence-electron chi connectivity index (χ2n) is 25.1. The van der Waals surface area contributed by atoms with Gasteiger partial charge in [-0.05, 0) is 232 Å². The highest BCUT2D eigenvalue weighted by molar-refractivity contribution is 7.20. The summed E-state index contributed by atoms with van der Waals surface area (Å²) >= 11 is 7.38. The minimum atomic E-state index is -0.299. The van der Waals surface area contributed by atoms with E-state index in [1.807, 2.05) is 122 Å². The lowest BCUT2D eigenvalue weighted by Gasteiger charge is -2.56. The van der Waals surface area contributed by atoms with E-state index in [-0.39, 0.29) is 40.4 Å². The van der Waals surface area contributed by atoms with Crippen molar-refractivity contribution in [3.05, 3.63) is 177 Å². The highest BCUT2D eigenvalue weighted by Gasteiger charge is 2.53. The Morgan fingerprint density at radius 2 is 0.940 bits per heavy atom. The first kappa shape index (κ1) is 55.6. The van der Waals surface area contributed by atoms with E-state index in [0.29, 0.717) is 44.3 Å². The molecule has 84 heavy (non-hydrogen) atoms. The molecule has 8 saturated carbocycles. The number of nitrogens with zero attached hydrogens (tertiary/aromatic N) is 7. The molecule has 0 saturated heterocycles. The van der Waals surface area contributed by atoms with Crippen molar-refractivity contribution in [1.29, 1.82) is 0 Å². The Bertz CT molecular complexity index is 3820. The van der Waals surface area contributed by atoms with Crippen LogP contribution in [0.5, 0.6) is 0 Å². The van der Waals surface area contributed by atoms with Crippen molar-refractivity contribution in [3.63, 3.8) is 0 Å². The van der Waals surface area contributed by atoms with Crippen molar-refractivity contribution in [2.75, 3.05) is 5.32 Å². The highest BCUT2D eigenvalue weighted by Crippen LogP contribution is 2.57. The van der Waals surface area contributed by atoms with Crippen molar-refractivity contribution in [2.45, 2.75) is 130 Å². The number of halogens is 3. The molecule has 8 aliphatic rings. The van der Waals surface area contributed by atoms with Crippen LogP contribution in [0.2, 0.25) is 5.02 Å². The third-order valence-corrected chi connectivity index (χ3v) is 20.3. The van der Waals surface area contributed by atoms with E-state index in [9.17, 15) is 23.2 Å². The molecule has 3 amide bonds. The van der Waals surface area contributed by atoms with Crippen molar-refractivity contribution >= 4 is 67.3 Å². The Kier molecular flexibility index (Phi) is 14.4. The standard InChI is InChI=1S/C23H17FN4OS.C22H26ClN3O.C22H26FN3O/c1-13-21(22(29)26-18-9-5-7-15-6-3-4-8-17(15)18)25-14(2)28(13)23-27-19-11-10-16(24)12-20(19)30-23;2*1-13-20(24-14(2)26(13)19-5-3-18(23)4-6-19)21(27)25-22-10-15-7-16(11-22)9-17(8-15)12-22/h3-12H,1-2H3,(H,26,29);2*3-6,15-17H,7-12H2,1-2H3,(H,25,27). The van der Waals surface area contributed by atoms with Crippen LogP contribution < -0.4 is 16.0 Å². The second kappa shape index (κ2) is 21.8. The Balaban J connectivity index is 0.000000118. The normalized spacial score (nSPS) is 24.2. The molecule has 17 heteroatoms. The molecular weight excluding hydrogens is 1100 g/mol. The number of carbonyl (C=O) groups is 3. The van der Waals surface area contributed by atoms with Crippen LogP contribution in [0.25, 0.3) is 37.5 Å². The van der Waals surface area contributed by atoms with Gasteiger partial charge < -0.3 is 25.1 Å². The number of fused-ring (bicyclic) bond motifs is 2. The molecule has 4 heterocycles. The molecule has 17 rings (SSSR count). The summed E-state index contributed by atoms with van der Waals surface area (Å²) in [5.74, 6) is 6.10. The Morgan fingerprint density at radius 3 is 1.45 bits per heavy atom. The van der Waals surface area contributed by atoms with Gasteiger partial charge in [-0.25, -0.2) is 28.7 Å². The summed E-state index contributed by atoms with van der Waals surface area (Å²) in [7, 11) is 0. The molecule has 0 radical (unpaired) electrons. The van der Waals surface area contributed by atoms with Gasteiger partial charge in [-0.1, -0.05) is 59.3 Å². The van der Waals surface area contributed by atoms with Crippen molar-refractivity contribution in [1.82, 2.24) is 44.3 Å². The molecule has 8 bridgehead atoms. The molecule has 8 fully saturated rings. The molecule has 0 atom stereocenters. The summed E-state index contributed by atoms with van der Waals surface area (Å²) in [6.45, 7) is 11.4. The lowest BCUT2D eigenvalue weighted by molar-refractivity contribution is -0.0172. The molecule has 0 aliphatic heterocycles. The largest absolute Gasteiger partial charge is 0.345 e. The molecule has 0 unspecified atom stereocenters. The van der Waals surface area contributed by atoms with Gasteiger partial charge in [0.1, 0.15) is 46.2 Å². The van der Waals surface area contributed by atoms with Gasteiger partial charge in [0, 0.05) is 38.5 Å². The minimum Gasteiger partial charge on any atom is -0.345 e. The van der Waals surface area contributed by atoms with E-state index in [0.717, 1.165) is 130 Å². The number of amides is 3. The molecular formula is C67H69ClF2N10O3S. The number of hydrogen-bond acceptors (Lipinski definition) is 8. The van der Waals surface area contributed by atoms with E-state index in [1.54, 1.807) is 18.2 Å². The molecule has 4 aromatic heterocycles. The quantitative estimate of drug-likeness (QED) is 0.130. The average molecular weight is 1170 g/mol. The van der Waals surface area contributed by atoms with Crippen LogP contribution in [0, 0.1) is 88.7 Å². The summed E-state index contributed by atoms with van der Waals surface area (Å²) < 4.78 is 33.3. The van der Waals surface area contributed by atoms with E-state index in [4.69, 9.17) is 11.6 Å². The van der Waals surface area contributed by atoms with Gasteiger partial charge in [-0.2, -0.15) is 0 Å². The number of hydrogen-bond donors (Lipinski definition) is 3. The first-order valence-corrected chi connectivity index (χ1v) is 30.8. The zero-order chi connectivity index (χ0) is 58.3. The molecule has 0 spiro atoms. The fraction of sp³-hybridized carbons (Fsp3) is 0.388. The van der Waals surface area contributed by atoms with Crippen LogP contribution in [-0.2, 0) is 0 Å². The smallest absolute Gasteiger partial charge is 0.276 e. The summed E-state index contributed by atoms with van der Waals surface area (Å²) in [4.78, 5) is 57.7. The number of rotatable bonds is 9. The molecule has 3 N–H and O–H groups in total. The Labute approximate surface area is 496 Å². The summed E-state index contributed by atoms with van der Waals surface area (Å²) in [5.41, 5.74) is 7.01. The van der Waals surface area contributed by atoms with Crippen LogP contribution in [-0.4, -0.2) is 62.4 Å². The van der Waals surface area contributed by atoms with Gasteiger partial charge in [-0.15, -0.1) is 0 Å². The number of anilines is 1. The zero-order valence-corrected chi connectivity index (χ0v) is 49.8. The first-order valence-electron chi connectivity index (χ1n) is 29.6. The average Bonchev–Trinajstić information content (AvgIpc) is 1.61. The maximum atomic E-state index is 13.5.